The van der Waals surface area contributed by atoms with Crippen molar-refractivity contribution < 1.29 is 14.7 Å². The number of carbonyl (C=O) groups excluding carboxylic acids is 2. The van der Waals surface area contributed by atoms with Gasteiger partial charge in [-0.1, -0.05) is 60.2 Å². The van der Waals surface area contributed by atoms with E-state index < -0.39 is 12.1 Å². The number of thiophene rings is 1. The maximum absolute atomic E-state index is 13.5. The van der Waals surface area contributed by atoms with E-state index >= 15 is 0 Å². The molecule has 220 valence electrons. The van der Waals surface area contributed by atoms with Crippen LogP contribution in [0.15, 0.2) is 84.2 Å². The molecule has 4 aromatic rings. The summed E-state index contributed by atoms with van der Waals surface area (Å²) in [5.41, 5.74) is 6.09. The van der Waals surface area contributed by atoms with Gasteiger partial charge in [-0.15, -0.1) is 11.3 Å². The molecule has 0 aliphatic rings. The molecule has 0 bridgehead atoms. The first-order chi connectivity index (χ1) is 20.1. The number of aryl methyl sites for hydroxylation is 3. The second kappa shape index (κ2) is 14.4. The fraction of sp³-hybridized carbons (Fsp3) is 0.314. The standard InChI is InChI=1S/C35H41N3O3S/c1-22-11-13-28(14-12-22)25(4)36-21-32(39)31(19-27-9-7-6-8-10-27)38-35(41)30-18-23(2)17-29(20-30)34(40)37-26(5)33-24(3)15-16-42-33/h6-18,20,25-26,31-32,36,39H,19,21H2,1-5H3,(H,37,40)(H,38,41)/t25-,26?,31+,32-/m1/s1. The zero-order valence-electron chi connectivity index (χ0n) is 25.0. The van der Waals surface area contributed by atoms with Gasteiger partial charge in [-0.2, -0.15) is 0 Å². The Balaban J connectivity index is 1.47. The van der Waals surface area contributed by atoms with E-state index in [0.29, 0.717) is 24.1 Å². The summed E-state index contributed by atoms with van der Waals surface area (Å²) < 4.78 is 0. The smallest absolute Gasteiger partial charge is 0.251 e. The number of hydrogen-bond acceptors (Lipinski definition) is 5. The molecule has 42 heavy (non-hydrogen) atoms. The SMILES string of the molecule is Cc1ccc([C@@H](C)NC[C@@H](O)[C@H](Cc2ccccc2)NC(=O)c2cc(C)cc(C(=O)NC(C)c3sccc3C)c2)cc1. The molecular formula is C35H41N3O3S. The molecule has 4 N–H and O–H groups in total. The summed E-state index contributed by atoms with van der Waals surface area (Å²) in [5.74, 6) is -0.565. The van der Waals surface area contributed by atoms with E-state index in [2.05, 4.69) is 54.1 Å². The predicted molar refractivity (Wildman–Crippen MR) is 171 cm³/mol. The topological polar surface area (TPSA) is 90.5 Å². The summed E-state index contributed by atoms with van der Waals surface area (Å²) in [7, 11) is 0. The maximum atomic E-state index is 13.5. The second-order valence-corrected chi connectivity index (χ2v) is 12.1. The van der Waals surface area contributed by atoms with Crippen molar-refractivity contribution in [3.8, 4) is 0 Å². The average molecular weight is 584 g/mol. The molecule has 0 aliphatic carbocycles. The van der Waals surface area contributed by atoms with Crippen LogP contribution in [0.1, 0.15) is 79.3 Å². The quantitative estimate of drug-likeness (QED) is 0.159. The molecule has 0 radical (unpaired) electrons. The fourth-order valence-electron chi connectivity index (χ4n) is 5.03. The summed E-state index contributed by atoms with van der Waals surface area (Å²) in [6.45, 7) is 10.3. The molecule has 7 heteroatoms. The molecule has 0 aliphatic heterocycles. The lowest BCUT2D eigenvalue weighted by atomic mass is 9.99. The number of nitrogens with one attached hydrogen (secondary N) is 3. The van der Waals surface area contributed by atoms with Gasteiger partial charge in [0.15, 0.2) is 0 Å². The number of amides is 2. The van der Waals surface area contributed by atoms with E-state index in [4.69, 9.17) is 0 Å². The first-order valence-corrected chi connectivity index (χ1v) is 15.3. The van der Waals surface area contributed by atoms with E-state index in [9.17, 15) is 14.7 Å². The Hall–Kier alpha value is -3.78. The van der Waals surface area contributed by atoms with E-state index in [0.717, 1.165) is 27.1 Å². The third kappa shape index (κ3) is 8.38. The summed E-state index contributed by atoms with van der Waals surface area (Å²) in [6, 6.07) is 24.7. The second-order valence-electron chi connectivity index (χ2n) is 11.1. The van der Waals surface area contributed by atoms with Crippen molar-refractivity contribution in [2.24, 2.45) is 0 Å². The minimum Gasteiger partial charge on any atom is -0.390 e. The molecule has 1 aromatic heterocycles. The van der Waals surface area contributed by atoms with Crippen LogP contribution >= 0.6 is 11.3 Å². The highest BCUT2D eigenvalue weighted by atomic mass is 32.1. The van der Waals surface area contributed by atoms with Crippen LogP contribution in [0.4, 0.5) is 0 Å². The van der Waals surface area contributed by atoms with E-state index in [1.54, 1.807) is 29.5 Å². The molecular weight excluding hydrogens is 542 g/mol. The molecule has 4 atom stereocenters. The van der Waals surface area contributed by atoms with Crippen LogP contribution in [0.5, 0.6) is 0 Å². The lowest BCUT2D eigenvalue weighted by molar-refractivity contribution is 0.0825. The van der Waals surface area contributed by atoms with Gasteiger partial charge in [0.1, 0.15) is 0 Å². The lowest BCUT2D eigenvalue weighted by Crippen LogP contribution is -2.49. The summed E-state index contributed by atoms with van der Waals surface area (Å²) in [5, 5.41) is 22.8. The van der Waals surface area contributed by atoms with Crippen molar-refractivity contribution in [3.05, 3.63) is 128 Å². The molecule has 0 saturated heterocycles. The highest BCUT2D eigenvalue weighted by Crippen LogP contribution is 2.24. The van der Waals surface area contributed by atoms with Gasteiger partial charge in [-0.05, 0) is 92.9 Å². The van der Waals surface area contributed by atoms with Gasteiger partial charge in [0, 0.05) is 28.6 Å². The summed E-state index contributed by atoms with van der Waals surface area (Å²) in [4.78, 5) is 27.8. The van der Waals surface area contributed by atoms with Crippen LogP contribution < -0.4 is 16.0 Å². The Morgan fingerprint density at radius 1 is 0.786 bits per heavy atom. The van der Waals surface area contributed by atoms with Crippen molar-refractivity contribution in [1.82, 2.24) is 16.0 Å². The third-order valence-corrected chi connectivity index (χ3v) is 8.74. The zero-order chi connectivity index (χ0) is 30.2. The van der Waals surface area contributed by atoms with Crippen LogP contribution in [-0.2, 0) is 6.42 Å². The lowest BCUT2D eigenvalue weighted by Gasteiger charge is -2.26. The van der Waals surface area contributed by atoms with Gasteiger partial charge in [-0.25, -0.2) is 0 Å². The van der Waals surface area contributed by atoms with Crippen LogP contribution in [0.25, 0.3) is 0 Å². The molecule has 6 nitrogen and oxygen atoms in total. The number of carbonyl (C=O) groups is 2. The Kier molecular flexibility index (Phi) is 10.7. The summed E-state index contributed by atoms with van der Waals surface area (Å²) in [6.07, 6.45) is -0.380. The third-order valence-electron chi connectivity index (χ3n) is 7.53. The monoisotopic (exact) mass is 583 g/mol. The molecule has 3 aromatic carbocycles. The normalized spacial score (nSPS) is 14.0. The Morgan fingerprint density at radius 3 is 2.05 bits per heavy atom. The Morgan fingerprint density at radius 2 is 1.43 bits per heavy atom. The van der Waals surface area contributed by atoms with Crippen molar-refractivity contribution in [2.45, 2.75) is 65.3 Å². The van der Waals surface area contributed by atoms with Gasteiger partial charge in [0.2, 0.25) is 0 Å². The average Bonchev–Trinajstić information content (AvgIpc) is 3.41. The van der Waals surface area contributed by atoms with Crippen LogP contribution in [-0.4, -0.2) is 35.6 Å². The minimum atomic E-state index is -0.843. The van der Waals surface area contributed by atoms with Crippen LogP contribution in [0, 0.1) is 20.8 Å². The molecule has 2 amide bonds. The van der Waals surface area contributed by atoms with Crippen LogP contribution in [0.3, 0.4) is 0 Å². The zero-order valence-corrected chi connectivity index (χ0v) is 25.8. The van der Waals surface area contributed by atoms with Crippen molar-refractivity contribution in [3.63, 3.8) is 0 Å². The summed E-state index contributed by atoms with van der Waals surface area (Å²) >= 11 is 1.61. The Bertz CT molecular complexity index is 1480. The first kappa shape index (κ1) is 31.2. The molecule has 1 heterocycles. The fourth-order valence-corrected chi connectivity index (χ4v) is 5.97. The molecule has 0 saturated carbocycles. The van der Waals surface area contributed by atoms with Gasteiger partial charge in [0.05, 0.1) is 18.2 Å². The number of rotatable bonds is 12. The van der Waals surface area contributed by atoms with E-state index in [1.807, 2.05) is 62.5 Å². The molecule has 0 fully saturated rings. The van der Waals surface area contributed by atoms with Gasteiger partial charge >= 0.3 is 0 Å². The van der Waals surface area contributed by atoms with Gasteiger partial charge in [-0.3, -0.25) is 9.59 Å². The predicted octanol–water partition coefficient (Wildman–Crippen LogP) is 6.22. The molecule has 0 spiro atoms. The Labute approximate surface area is 253 Å². The number of aliphatic hydroxyl groups excluding tert-OH is 1. The van der Waals surface area contributed by atoms with Gasteiger partial charge < -0.3 is 21.1 Å². The molecule has 1 unspecified atom stereocenters. The highest BCUT2D eigenvalue weighted by Gasteiger charge is 2.24. The number of benzene rings is 3. The molecule has 4 rings (SSSR count). The number of aliphatic hydroxyl groups is 1. The van der Waals surface area contributed by atoms with E-state index in [1.165, 1.54) is 5.56 Å². The maximum Gasteiger partial charge on any atom is 0.251 e. The first-order valence-electron chi connectivity index (χ1n) is 14.4. The van der Waals surface area contributed by atoms with Crippen molar-refractivity contribution >= 4 is 23.2 Å². The van der Waals surface area contributed by atoms with Crippen molar-refractivity contribution in [1.29, 1.82) is 0 Å². The van der Waals surface area contributed by atoms with Crippen LogP contribution in [0.2, 0.25) is 0 Å². The highest BCUT2D eigenvalue weighted by molar-refractivity contribution is 7.10. The van der Waals surface area contributed by atoms with Gasteiger partial charge in [0.25, 0.3) is 11.8 Å². The largest absolute Gasteiger partial charge is 0.390 e. The minimum absolute atomic E-state index is 0.0338. The van der Waals surface area contributed by atoms with E-state index in [-0.39, 0.29) is 23.9 Å². The number of hydrogen-bond donors (Lipinski definition) is 4. The van der Waals surface area contributed by atoms with Crippen molar-refractivity contribution in [2.75, 3.05) is 6.54 Å².